The lowest BCUT2D eigenvalue weighted by molar-refractivity contribution is 0.0696. The normalized spacial score (nSPS) is 7.07. The zero-order valence-corrected chi connectivity index (χ0v) is 16.7. The molecule has 4 heteroatoms. The quantitative estimate of drug-likeness (QED) is 0.724. The van der Waals surface area contributed by atoms with Gasteiger partial charge in [-0.1, -0.05) is 37.8 Å². The topological polar surface area (TPSA) is 71.4 Å². The van der Waals surface area contributed by atoms with Crippen LogP contribution in [0.1, 0.15) is 56.3 Å². The van der Waals surface area contributed by atoms with Gasteiger partial charge in [0.05, 0.1) is 5.56 Å². The second-order valence-electron chi connectivity index (χ2n) is 5.55. The molecule has 1 aromatic rings. The number of carboxylic acids is 1. The van der Waals surface area contributed by atoms with Crippen LogP contribution in [0.25, 0.3) is 0 Å². The van der Waals surface area contributed by atoms with Crippen molar-refractivity contribution < 1.29 is 17.0 Å². The third kappa shape index (κ3) is 14.4. The van der Waals surface area contributed by atoms with E-state index in [1.165, 1.54) is 0 Å². The maximum Gasteiger partial charge on any atom is 0.335 e. The predicted molar refractivity (Wildman–Crippen MR) is 124 cm³/mol. The first kappa shape index (κ1) is 26.3. The van der Waals surface area contributed by atoms with E-state index in [4.69, 9.17) is 15.0 Å². The molecule has 0 aromatic heterocycles. The molecule has 0 aliphatic heterocycles. The predicted octanol–water partition coefficient (Wildman–Crippen LogP) is 5.23. The Morgan fingerprint density at radius 2 is 1.36 bits per heavy atom. The van der Waals surface area contributed by atoms with Gasteiger partial charge in [-0.05, 0) is 97.7 Å². The van der Waals surface area contributed by atoms with Crippen molar-refractivity contribution in [3.63, 3.8) is 0 Å². The SMILES string of the molecule is CC#CC#CC#CC#CC#CC.Cc1ccc(CC(C)C)cc1C(=O)O.O=O.[HH].[HH].[HH].[HH].[HH]. The molecule has 0 saturated carbocycles. The van der Waals surface area contributed by atoms with Gasteiger partial charge >= 0.3 is 5.97 Å². The Labute approximate surface area is 174 Å². The van der Waals surface area contributed by atoms with Crippen LogP contribution in [0.3, 0.4) is 0 Å². The Morgan fingerprint density at radius 1 is 0.929 bits per heavy atom. The molecular formula is C24H32O4. The molecule has 0 saturated heterocycles. The second-order valence-corrected chi connectivity index (χ2v) is 5.55. The molecular weight excluding hydrogens is 352 g/mol. The van der Waals surface area contributed by atoms with Crippen molar-refractivity contribution in [2.75, 3.05) is 0 Å². The minimum absolute atomic E-state index is 0. The number of aryl methyl sites for hydroxylation is 1. The van der Waals surface area contributed by atoms with Crippen LogP contribution in [0.15, 0.2) is 18.2 Å². The molecule has 28 heavy (non-hydrogen) atoms. The highest BCUT2D eigenvalue weighted by Crippen LogP contribution is 2.14. The van der Waals surface area contributed by atoms with Gasteiger partial charge in [0.1, 0.15) is 0 Å². The Morgan fingerprint density at radius 3 is 1.71 bits per heavy atom. The number of hydrogen-bond donors (Lipinski definition) is 1. The highest BCUT2D eigenvalue weighted by atomic mass is 16.7. The number of rotatable bonds is 3. The molecule has 0 spiro atoms. The third-order valence-electron chi connectivity index (χ3n) is 2.86. The van der Waals surface area contributed by atoms with Gasteiger partial charge in [-0.25, -0.2) is 4.79 Å². The first-order valence-corrected chi connectivity index (χ1v) is 8.25. The van der Waals surface area contributed by atoms with Gasteiger partial charge in [-0.2, -0.15) is 0 Å². The lowest BCUT2D eigenvalue weighted by Crippen LogP contribution is -2.02. The summed E-state index contributed by atoms with van der Waals surface area (Å²) in [5.41, 5.74) is 2.34. The number of carboxylic acid groups (broad SMARTS) is 1. The van der Waals surface area contributed by atoms with Crippen molar-refractivity contribution in [3.05, 3.63) is 44.8 Å². The minimum Gasteiger partial charge on any atom is -0.478 e. The molecule has 4 nitrogen and oxygen atoms in total. The molecule has 1 rings (SSSR count). The first-order chi connectivity index (χ1) is 13.4. The summed E-state index contributed by atoms with van der Waals surface area (Å²) in [5, 5.41) is 8.92. The molecule has 0 unspecified atom stereocenters. The van der Waals surface area contributed by atoms with Crippen LogP contribution < -0.4 is 0 Å². The van der Waals surface area contributed by atoms with Crippen LogP contribution in [-0.4, -0.2) is 11.1 Å². The van der Waals surface area contributed by atoms with Crippen LogP contribution in [0.4, 0.5) is 0 Å². The highest BCUT2D eigenvalue weighted by molar-refractivity contribution is 5.89. The largest absolute Gasteiger partial charge is 0.478 e. The van der Waals surface area contributed by atoms with Gasteiger partial charge in [0, 0.05) is 17.1 Å². The molecule has 0 heterocycles. The van der Waals surface area contributed by atoms with Crippen molar-refractivity contribution >= 4 is 5.97 Å². The summed E-state index contributed by atoms with van der Waals surface area (Å²) in [6, 6.07) is 5.65. The smallest absolute Gasteiger partial charge is 0.335 e. The Bertz CT molecular complexity index is 923. The van der Waals surface area contributed by atoms with Gasteiger partial charge in [-0.15, -0.1) is 0 Å². The number of carbonyl (C=O) groups is 1. The van der Waals surface area contributed by atoms with E-state index in [9.17, 15) is 4.79 Å². The van der Waals surface area contributed by atoms with Crippen molar-refractivity contribution in [1.82, 2.24) is 0 Å². The van der Waals surface area contributed by atoms with Crippen LogP contribution in [-0.2, 0) is 6.42 Å². The van der Waals surface area contributed by atoms with Crippen molar-refractivity contribution in [2.24, 2.45) is 5.92 Å². The van der Waals surface area contributed by atoms with Crippen molar-refractivity contribution in [3.8, 4) is 59.2 Å². The lowest BCUT2D eigenvalue weighted by Gasteiger charge is -2.07. The molecule has 0 aliphatic carbocycles. The van der Waals surface area contributed by atoms with E-state index >= 15 is 0 Å². The van der Waals surface area contributed by atoms with E-state index < -0.39 is 5.97 Å². The van der Waals surface area contributed by atoms with E-state index in [2.05, 4.69) is 73.1 Å². The molecule has 0 atom stereocenters. The van der Waals surface area contributed by atoms with Crippen LogP contribution >= 0.6 is 0 Å². The number of aromatic carboxylic acids is 1. The summed E-state index contributed by atoms with van der Waals surface area (Å²) in [5.74, 6) is 25.3. The van der Waals surface area contributed by atoms with Gasteiger partial charge < -0.3 is 5.11 Å². The fourth-order valence-electron chi connectivity index (χ4n) is 1.81. The summed E-state index contributed by atoms with van der Waals surface area (Å²) >= 11 is 0. The number of benzene rings is 1. The maximum atomic E-state index is 10.9. The molecule has 1 N–H and O–H groups in total. The lowest BCUT2D eigenvalue weighted by atomic mass is 9.98. The number of hydrogen-bond acceptors (Lipinski definition) is 3. The standard InChI is InChI=1S/C12H16O2.C12H6.O2.5H2/c1-8(2)6-10-5-4-9(3)11(7-10)12(13)14;1-3-5-7-9-11-12-10-8-6-4-2;1-2;;;;;/h4-5,7-8H,6H2,1-3H3,(H,13,14);1-2H3;;5*1H. The monoisotopic (exact) mass is 384 g/mol. The van der Waals surface area contributed by atoms with Crippen LogP contribution in [0.5, 0.6) is 0 Å². The van der Waals surface area contributed by atoms with Gasteiger partial charge in [-0.3, -0.25) is 0 Å². The summed E-state index contributed by atoms with van der Waals surface area (Å²) in [7, 11) is 0. The molecule has 0 aliphatic rings. The highest BCUT2D eigenvalue weighted by Gasteiger charge is 2.08. The summed E-state index contributed by atoms with van der Waals surface area (Å²) in [4.78, 5) is 24.9. The third-order valence-corrected chi connectivity index (χ3v) is 2.86. The first-order valence-electron chi connectivity index (χ1n) is 8.25. The summed E-state index contributed by atoms with van der Waals surface area (Å²) in [6.07, 6.45) is 0.931. The average molecular weight is 385 g/mol. The van der Waals surface area contributed by atoms with Crippen LogP contribution in [0.2, 0.25) is 0 Å². The molecule has 0 fully saturated rings. The molecule has 152 valence electrons. The van der Waals surface area contributed by atoms with E-state index in [0.29, 0.717) is 11.5 Å². The van der Waals surface area contributed by atoms with Crippen molar-refractivity contribution in [2.45, 2.75) is 41.0 Å². The Hall–Kier alpha value is -3.91. The fourth-order valence-corrected chi connectivity index (χ4v) is 1.81. The fraction of sp³-hybridized carbons (Fsp3) is 0.292. The average Bonchev–Trinajstić information content (AvgIpc) is 2.67. The Balaban J connectivity index is -0.0000000672. The molecule has 0 radical (unpaired) electrons. The van der Waals surface area contributed by atoms with E-state index in [-0.39, 0.29) is 7.13 Å². The summed E-state index contributed by atoms with van der Waals surface area (Å²) in [6.45, 7) is 9.51. The van der Waals surface area contributed by atoms with Crippen molar-refractivity contribution in [1.29, 1.82) is 0 Å². The maximum absolute atomic E-state index is 10.9. The molecule has 0 bridgehead atoms. The molecule has 1 aromatic carbocycles. The van der Waals surface area contributed by atoms with E-state index in [0.717, 1.165) is 17.5 Å². The zero-order valence-electron chi connectivity index (χ0n) is 16.7. The van der Waals surface area contributed by atoms with Crippen LogP contribution in [0, 0.1) is 82.0 Å². The molecule has 0 amide bonds. The van der Waals surface area contributed by atoms with Gasteiger partial charge in [0.2, 0.25) is 0 Å². The minimum atomic E-state index is -0.840. The zero-order chi connectivity index (χ0) is 21.8. The Kier molecular flexibility index (Phi) is 16.8. The van der Waals surface area contributed by atoms with Gasteiger partial charge in [0.25, 0.3) is 0 Å². The van der Waals surface area contributed by atoms with E-state index in [1.807, 2.05) is 19.1 Å². The van der Waals surface area contributed by atoms with E-state index in [1.54, 1.807) is 19.9 Å². The van der Waals surface area contributed by atoms with Gasteiger partial charge in [0.15, 0.2) is 0 Å². The summed E-state index contributed by atoms with van der Waals surface area (Å²) < 4.78 is 0. The second kappa shape index (κ2) is 17.9.